The maximum absolute atomic E-state index is 6.29. The second-order valence-corrected chi connectivity index (χ2v) is 5.34. The minimum atomic E-state index is -0.00223. The quantitative estimate of drug-likeness (QED) is 0.798. The van der Waals surface area contributed by atoms with Gasteiger partial charge in [0, 0.05) is 6.61 Å². The predicted octanol–water partition coefficient (Wildman–Crippen LogP) is 3.67. The van der Waals surface area contributed by atoms with Crippen molar-refractivity contribution in [3.8, 4) is 0 Å². The first-order valence-corrected chi connectivity index (χ1v) is 7.23. The first kappa shape index (κ1) is 13.6. The van der Waals surface area contributed by atoms with E-state index in [1.54, 1.807) is 0 Å². The van der Waals surface area contributed by atoms with E-state index >= 15 is 0 Å². The Morgan fingerprint density at radius 1 is 1.28 bits per heavy atom. The van der Waals surface area contributed by atoms with Crippen LogP contribution in [0, 0.1) is 5.92 Å². The van der Waals surface area contributed by atoms with Crippen LogP contribution in [0.5, 0.6) is 0 Å². The van der Waals surface area contributed by atoms with Crippen molar-refractivity contribution in [2.24, 2.45) is 11.7 Å². The van der Waals surface area contributed by atoms with Gasteiger partial charge in [0.05, 0.1) is 12.1 Å². The molecular formula is C16H25NO. The Balaban J connectivity index is 1.79. The Morgan fingerprint density at radius 3 is 2.56 bits per heavy atom. The van der Waals surface area contributed by atoms with Gasteiger partial charge in [0.2, 0.25) is 0 Å². The minimum absolute atomic E-state index is 0.00223. The van der Waals surface area contributed by atoms with Crippen LogP contribution in [-0.4, -0.2) is 12.7 Å². The third-order valence-corrected chi connectivity index (χ3v) is 4.07. The maximum Gasteiger partial charge on any atom is 0.0765 e. The zero-order chi connectivity index (χ0) is 12.8. The molecule has 2 rings (SSSR count). The topological polar surface area (TPSA) is 35.2 Å². The highest BCUT2D eigenvalue weighted by molar-refractivity contribution is 5.19. The molecule has 0 spiro atoms. The van der Waals surface area contributed by atoms with Crippen molar-refractivity contribution < 1.29 is 4.74 Å². The lowest BCUT2D eigenvalue weighted by Gasteiger charge is -2.28. The lowest BCUT2D eigenvalue weighted by atomic mass is 9.83. The van der Waals surface area contributed by atoms with Crippen LogP contribution in [0.2, 0.25) is 0 Å². The summed E-state index contributed by atoms with van der Waals surface area (Å²) in [5.41, 5.74) is 7.46. The molecule has 100 valence electrons. The smallest absolute Gasteiger partial charge is 0.0765 e. The van der Waals surface area contributed by atoms with Crippen LogP contribution < -0.4 is 5.73 Å². The van der Waals surface area contributed by atoms with Gasteiger partial charge in [0.25, 0.3) is 0 Å². The molecule has 0 saturated heterocycles. The summed E-state index contributed by atoms with van der Waals surface area (Å²) in [4.78, 5) is 0. The summed E-state index contributed by atoms with van der Waals surface area (Å²) in [7, 11) is 0. The van der Waals surface area contributed by atoms with Crippen LogP contribution in [0.4, 0.5) is 0 Å². The summed E-state index contributed by atoms with van der Waals surface area (Å²) in [5, 5.41) is 0. The summed E-state index contributed by atoms with van der Waals surface area (Å²) in [6, 6.07) is 10.3. The van der Waals surface area contributed by atoms with E-state index in [1.165, 1.54) is 31.2 Å². The average Bonchev–Trinajstić information content (AvgIpc) is 2.37. The standard InChI is InChI=1S/C16H25NO/c1-2-15(18-12-11-13-7-6-8-13)16(17)14-9-4-3-5-10-14/h3-5,9-10,13,15-16H,2,6-8,11-12,17H2,1H3. The number of hydrogen-bond donors (Lipinski definition) is 1. The van der Waals surface area contributed by atoms with E-state index in [4.69, 9.17) is 10.5 Å². The highest BCUT2D eigenvalue weighted by atomic mass is 16.5. The maximum atomic E-state index is 6.29. The second-order valence-electron chi connectivity index (χ2n) is 5.34. The number of nitrogens with two attached hydrogens (primary N) is 1. The van der Waals surface area contributed by atoms with Crippen LogP contribution in [-0.2, 0) is 4.74 Å². The SMILES string of the molecule is CCC(OCCC1CCC1)C(N)c1ccccc1. The van der Waals surface area contributed by atoms with Crippen molar-refractivity contribution in [3.63, 3.8) is 0 Å². The van der Waals surface area contributed by atoms with Crippen LogP contribution in [0.3, 0.4) is 0 Å². The number of rotatable bonds is 7. The molecule has 1 saturated carbocycles. The van der Waals surface area contributed by atoms with Gasteiger partial charge in [-0.15, -0.1) is 0 Å². The molecule has 18 heavy (non-hydrogen) atoms. The van der Waals surface area contributed by atoms with Gasteiger partial charge in [-0.2, -0.15) is 0 Å². The summed E-state index contributed by atoms with van der Waals surface area (Å²) in [5.74, 6) is 0.912. The normalized spacial score (nSPS) is 19.2. The van der Waals surface area contributed by atoms with Gasteiger partial charge in [-0.25, -0.2) is 0 Å². The first-order chi connectivity index (χ1) is 8.81. The van der Waals surface area contributed by atoms with Gasteiger partial charge in [-0.3, -0.25) is 0 Å². The summed E-state index contributed by atoms with van der Waals surface area (Å²) >= 11 is 0. The van der Waals surface area contributed by atoms with Gasteiger partial charge in [0.15, 0.2) is 0 Å². The Labute approximate surface area is 111 Å². The predicted molar refractivity (Wildman–Crippen MR) is 75.4 cm³/mol. The third kappa shape index (κ3) is 3.56. The molecule has 2 unspecified atom stereocenters. The van der Waals surface area contributed by atoms with Gasteiger partial charge in [-0.1, -0.05) is 56.5 Å². The van der Waals surface area contributed by atoms with E-state index in [1.807, 2.05) is 18.2 Å². The zero-order valence-corrected chi connectivity index (χ0v) is 11.3. The van der Waals surface area contributed by atoms with Gasteiger partial charge in [-0.05, 0) is 24.3 Å². The van der Waals surface area contributed by atoms with E-state index < -0.39 is 0 Å². The number of hydrogen-bond acceptors (Lipinski definition) is 2. The second kappa shape index (κ2) is 6.91. The molecule has 1 aromatic rings. The minimum Gasteiger partial charge on any atom is -0.376 e. The molecule has 0 amide bonds. The van der Waals surface area contributed by atoms with Crippen LogP contribution in [0.1, 0.15) is 50.6 Å². The van der Waals surface area contributed by atoms with Crippen molar-refractivity contribution in [2.45, 2.75) is 51.2 Å². The molecule has 2 atom stereocenters. The van der Waals surface area contributed by atoms with Gasteiger partial charge < -0.3 is 10.5 Å². The van der Waals surface area contributed by atoms with Crippen molar-refractivity contribution >= 4 is 0 Å². The molecular weight excluding hydrogens is 222 g/mol. The van der Waals surface area contributed by atoms with Crippen LogP contribution >= 0.6 is 0 Å². The van der Waals surface area contributed by atoms with Crippen molar-refractivity contribution in [3.05, 3.63) is 35.9 Å². The summed E-state index contributed by atoms with van der Waals surface area (Å²) in [6.45, 7) is 3.01. The Hall–Kier alpha value is -0.860. The molecule has 1 aliphatic carbocycles. The zero-order valence-electron chi connectivity index (χ0n) is 11.3. The molecule has 2 nitrogen and oxygen atoms in total. The molecule has 1 fully saturated rings. The Kier molecular flexibility index (Phi) is 5.21. The highest BCUT2D eigenvalue weighted by Crippen LogP contribution is 2.29. The van der Waals surface area contributed by atoms with Gasteiger partial charge in [0.1, 0.15) is 0 Å². The van der Waals surface area contributed by atoms with Crippen molar-refractivity contribution in [2.75, 3.05) is 6.61 Å². The van der Waals surface area contributed by atoms with Gasteiger partial charge >= 0.3 is 0 Å². The van der Waals surface area contributed by atoms with Crippen molar-refractivity contribution in [1.82, 2.24) is 0 Å². The van der Waals surface area contributed by atoms with Crippen LogP contribution in [0.25, 0.3) is 0 Å². The largest absolute Gasteiger partial charge is 0.376 e. The molecule has 0 radical (unpaired) electrons. The lowest BCUT2D eigenvalue weighted by molar-refractivity contribution is 0.0198. The molecule has 0 bridgehead atoms. The number of ether oxygens (including phenoxy) is 1. The fourth-order valence-corrected chi connectivity index (χ4v) is 2.53. The Bertz CT molecular complexity index is 334. The molecule has 1 aliphatic rings. The van der Waals surface area contributed by atoms with Crippen LogP contribution in [0.15, 0.2) is 30.3 Å². The fourth-order valence-electron chi connectivity index (χ4n) is 2.53. The van der Waals surface area contributed by atoms with E-state index in [0.717, 1.165) is 18.9 Å². The molecule has 0 heterocycles. The third-order valence-electron chi connectivity index (χ3n) is 4.07. The van der Waals surface area contributed by atoms with E-state index in [-0.39, 0.29) is 12.1 Å². The van der Waals surface area contributed by atoms with E-state index in [9.17, 15) is 0 Å². The summed E-state index contributed by atoms with van der Waals surface area (Å²) in [6.07, 6.45) is 6.52. The highest BCUT2D eigenvalue weighted by Gasteiger charge is 2.20. The molecule has 2 N–H and O–H groups in total. The lowest BCUT2D eigenvalue weighted by Crippen LogP contribution is -2.29. The van der Waals surface area contributed by atoms with E-state index in [2.05, 4.69) is 19.1 Å². The molecule has 0 aliphatic heterocycles. The molecule has 1 aromatic carbocycles. The first-order valence-electron chi connectivity index (χ1n) is 7.23. The van der Waals surface area contributed by atoms with E-state index in [0.29, 0.717) is 0 Å². The fraction of sp³-hybridized carbons (Fsp3) is 0.625. The monoisotopic (exact) mass is 247 g/mol. The molecule has 0 aromatic heterocycles. The Morgan fingerprint density at radius 2 is 2.00 bits per heavy atom. The summed E-state index contributed by atoms with van der Waals surface area (Å²) < 4.78 is 5.99. The number of benzene rings is 1. The average molecular weight is 247 g/mol. The van der Waals surface area contributed by atoms with Crippen molar-refractivity contribution in [1.29, 1.82) is 0 Å². The molecule has 2 heteroatoms.